The minimum absolute atomic E-state index is 0.101. The number of rotatable bonds is 5. The van der Waals surface area contributed by atoms with Crippen molar-refractivity contribution in [3.8, 4) is 0 Å². The Hall–Kier alpha value is -3.16. The second-order valence-corrected chi connectivity index (χ2v) is 8.51. The number of aromatic nitrogens is 2. The third-order valence-electron chi connectivity index (χ3n) is 4.29. The number of nitrogens with one attached hydrogen (secondary N) is 2. The van der Waals surface area contributed by atoms with Gasteiger partial charge in [-0.3, -0.25) is 4.72 Å². The standard InChI is InChI=1S/C21H17ClN4O2S/c1-14-11-12-15(13-17(14)22)23-20-21(25-19-10-6-5-9-18(19)24-20)26-29(27,28)16-7-3-2-4-8-16/h2-13H,1H3,(H,23,24)(H,25,26). The molecule has 2 N–H and O–H groups in total. The Kier molecular flexibility index (Phi) is 5.08. The average molecular weight is 425 g/mol. The summed E-state index contributed by atoms with van der Waals surface area (Å²) in [6.07, 6.45) is 0. The summed E-state index contributed by atoms with van der Waals surface area (Å²) in [7, 11) is -3.83. The lowest BCUT2D eigenvalue weighted by Gasteiger charge is -2.14. The fourth-order valence-electron chi connectivity index (χ4n) is 2.75. The first-order chi connectivity index (χ1) is 13.9. The minimum Gasteiger partial charge on any atom is -0.337 e. The van der Waals surface area contributed by atoms with Gasteiger partial charge >= 0.3 is 0 Å². The van der Waals surface area contributed by atoms with Crippen LogP contribution in [0.15, 0.2) is 77.7 Å². The molecule has 0 spiro atoms. The Morgan fingerprint density at radius 2 is 1.45 bits per heavy atom. The summed E-state index contributed by atoms with van der Waals surface area (Å²) >= 11 is 6.21. The number of fused-ring (bicyclic) bond motifs is 1. The SMILES string of the molecule is Cc1ccc(Nc2nc3ccccc3nc2NS(=O)(=O)c2ccccc2)cc1Cl. The summed E-state index contributed by atoms with van der Waals surface area (Å²) in [6.45, 7) is 1.90. The second kappa shape index (κ2) is 7.69. The smallest absolute Gasteiger partial charge is 0.263 e. The van der Waals surface area contributed by atoms with E-state index in [1.54, 1.807) is 30.3 Å². The number of hydrogen-bond donors (Lipinski definition) is 2. The van der Waals surface area contributed by atoms with Crippen LogP contribution < -0.4 is 10.0 Å². The fourth-order valence-corrected chi connectivity index (χ4v) is 3.96. The van der Waals surface area contributed by atoms with E-state index >= 15 is 0 Å². The molecule has 8 heteroatoms. The zero-order valence-corrected chi connectivity index (χ0v) is 17.0. The van der Waals surface area contributed by atoms with Gasteiger partial charge in [0.1, 0.15) is 0 Å². The molecule has 29 heavy (non-hydrogen) atoms. The van der Waals surface area contributed by atoms with Crippen LogP contribution in [-0.2, 0) is 10.0 Å². The Labute approximate surface area is 173 Å². The Morgan fingerprint density at radius 1 is 0.828 bits per heavy atom. The van der Waals surface area contributed by atoms with Crippen molar-refractivity contribution in [2.75, 3.05) is 10.0 Å². The van der Waals surface area contributed by atoms with E-state index < -0.39 is 10.0 Å². The number of para-hydroxylation sites is 2. The van der Waals surface area contributed by atoms with E-state index in [2.05, 4.69) is 20.0 Å². The van der Waals surface area contributed by atoms with Crippen LogP contribution >= 0.6 is 11.6 Å². The normalized spacial score (nSPS) is 11.4. The van der Waals surface area contributed by atoms with Crippen LogP contribution in [-0.4, -0.2) is 18.4 Å². The molecule has 1 heterocycles. The molecular weight excluding hydrogens is 408 g/mol. The molecule has 3 aromatic carbocycles. The summed E-state index contributed by atoms with van der Waals surface area (Å²) in [5.74, 6) is 0.382. The molecule has 6 nitrogen and oxygen atoms in total. The highest BCUT2D eigenvalue weighted by molar-refractivity contribution is 7.92. The highest BCUT2D eigenvalue weighted by atomic mass is 35.5. The first-order valence-electron chi connectivity index (χ1n) is 8.80. The van der Waals surface area contributed by atoms with Crippen molar-refractivity contribution in [2.24, 2.45) is 0 Å². The molecule has 0 saturated heterocycles. The van der Waals surface area contributed by atoms with Gasteiger partial charge in [-0.25, -0.2) is 18.4 Å². The van der Waals surface area contributed by atoms with E-state index in [4.69, 9.17) is 11.6 Å². The molecule has 0 unspecified atom stereocenters. The molecule has 0 saturated carbocycles. The van der Waals surface area contributed by atoms with E-state index in [0.717, 1.165) is 5.56 Å². The van der Waals surface area contributed by atoms with Gasteiger partial charge in [0.25, 0.3) is 10.0 Å². The van der Waals surface area contributed by atoms with Crippen molar-refractivity contribution in [1.29, 1.82) is 0 Å². The van der Waals surface area contributed by atoms with E-state index in [1.165, 1.54) is 12.1 Å². The highest BCUT2D eigenvalue weighted by Gasteiger charge is 2.19. The number of nitrogens with zero attached hydrogens (tertiary/aromatic N) is 2. The van der Waals surface area contributed by atoms with E-state index in [1.807, 2.05) is 37.3 Å². The van der Waals surface area contributed by atoms with Crippen LogP contribution in [0.5, 0.6) is 0 Å². The molecule has 0 amide bonds. The molecule has 4 rings (SSSR count). The van der Waals surface area contributed by atoms with Crippen molar-refractivity contribution in [3.63, 3.8) is 0 Å². The maximum Gasteiger partial charge on any atom is 0.263 e. The van der Waals surface area contributed by atoms with Crippen LogP contribution in [0.1, 0.15) is 5.56 Å². The number of halogens is 1. The zero-order valence-electron chi connectivity index (χ0n) is 15.4. The molecule has 4 aromatic rings. The van der Waals surface area contributed by atoms with Gasteiger partial charge in [0.15, 0.2) is 11.6 Å². The predicted octanol–water partition coefficient (Wildman–Crippen LogP) is 5.14. The molecule has 0 atom stereocenters. The van der Waals surface area contributed by atoms with Crippen molar-refractivity contribution in [2.45, 2.75) is 11.8 Å². The first kappa shape index (κ1) is 19.2. The van der Waals surface area contributed by atoms with E-state index in [9.17, 15) is 8.42 Å². The van der Waals surface area contributed by atoms with Gasteiger partial charge in [-0.2, -0.15) is 0 Å². The van der Waals surface area contributed by atoms with Crippen molar-refractivity contribution < 1.29 is 8.42 Å². The third kappa shape index (κ3) is 4.16. The summed E-state index contributed by atoms with van der Waals surface area (Å²) in [4.78, 5) is 9.17. The van der Waals surface area contributed by atoms with Gasteiger partial charge in [0, 0.05) is 10.7 Å². The molecule has 0 aliphatic carbocycles. The van der Waals surface area contributed by atoms with E-state index in [0.29, 0.717) is 21.7 Å². The first-order valence-corrected chi connectivity index (χ1v) is 10.7. The van der Waals surface area contributed by atoms with Gasteiger partial charge in [-0.05, 0) is 48.9 Å². The fraction of sp³-hybridized carbons (Fsp3) is 0.0476. The van der Waals surface area contributed by atoms with Gasteiger partial charge in [0.2, 0.25) is 0 Å². The molecule has 0 aliphatic heterocycles. The number of benzene rings is 3. The molecule has 0 aliphatic rings. The number of aryl methyl sites for hydroxylation is 1. The predicted molar refractivity (Wildman–Crippen MR) is 116 cm³/mol. The third-order valence-corrected chi connectivity index (χ3v) is 6.05. The molecule has 146 valence electrons. The Balaban J connectivity index is 1.79. The number of hydrogen-bond acceptors (Lipinski definition) is 5. The lowest BCUT2D eigenvalue weighted by molar-refractivity contribution is 0.601. The summed E-state index contributed by atoms with van der Waals surface area (Å²) in [5, 5.41) is 3.71. The van der Waals surface area contributed by atoms with Gasteiger partial charge in [-0.15, -0.1) is 0 Å². The molecule has 0 bridgehead atoms. The molecule has 0 fully saturated rings. The quantitative estimate of drug-likeness (QED) is 0.463. The van der Waals surface area contributed by atoms with Crippen LogP contribution in [0.2, 0.25) is 5.02 Å². The Morgan fingerprint density at radius 3 is 2.10 bits per heavy atom. The molecular formula is C21H17ClN4O2S. The van der Waals surface area contributed by atoms with Crippen molar-refractivity contribution in [1.82, 2.24) is 9.97 Å². The van der Waals surface area contributed by atoms with Crippen molar-refractivity contribution in [3.05, 3.63) is 83.4 Å². The average Bonchev–Trinajstić information content (AvgIpc) is 2.71. The lowest BCUT2D eigenvalue weighted by atomic mass is 10.2. The minimum atomic E-state index is -3.83. The van der Waals surface area contributed by atoms with Gasteiger partial charge < -0.3 is 5.32 Å². The van der Waals surface area contributed by atoms with E-state index in [-0.39, 0.29) is 16.5 Å². The summed E-state index contributed by atoms with van der Waals surface area (Å²) < 4.78 is 28.2. The topological polar surface area (TPSA) is 84.0 Å². The Bertz CT molecular complexity index is 1290. The largest absolute Gasteiger partial charge is 0.337 e. The summed E-state index contributed by atoms with van der Waals surface area (Å²) in [5.41, 5.74) is 2.82. The van der Waals surface area contributed by atoms with Crippen molar-refractivity contribution >= 4 is 50.0 Å². The second-order valence-electron chi connectivity index (χ2n) is 6.42. The monoisotopic (exact) mass is 424 g/mol. The number of anilines is 3. The van der Waals surface area contributed by atoms with Crippen LogP contribution in [0.3, 0.4) is 0 Å². The van der Waals surface area contributed by atoms with Crippen LogP contribution in [0.25, 0.3) is 11.0 Å². The van der Waals surface area contributed by atoms with Crippen LogP contribution in [0.4, 0.5) is 17.3 Å². The van der Waals surface area contributed by atoms with Gasteiger partial charge in [-0.1, -0.05) is 48.0 Å². The number of sulfonamides is 1. The van der Waals surface area contributed by atoms with Gasteiger partial charge in [0.05, 0.1) is 15.9 Å². The maximum absolute atomic E-state index is 12.8. The maximum atomic E-state index is 12.8. The molecule has 0 radical (unpaired) electrons. The summed E-state index contributed by atoms with van der Waals surface area (Å²) in [6, 6.07) is 20.8. The molecule has 1 aromatic heterocycles. The lowest BCUT2D eigenvalue weighted by Crippen LogP contribution is -2.16. The highest BCUT2D eigenvalue weighted by Crippen LogP contribution is 2.28. The van der Waals surface area contributed by atoms with Crippen LogP contribution in [0, 0.1) is 6.92 Å². The zero-order chi connectivity index (χ0) is 20.4.